The summed E-state index contributed by atoms with van der Waals surface area (Å²) in [6, 6.07) is -0.520. The van der Waals surface area contributed by atoms with Crippen molar-refractivity contribution in [2.45, 2.75) is 44.3 Å². The zero-order chi connectivity index (χ0) is 24.0. The number of allylic oxidation sites excluding steroid dienone is 1. The SMILES string of the molecule is CC1CC(C2C=NCC(OCC(F)(F)F)C2)C=C2CN(C3C=NN(CC(F)(F)F)C3)C(=O)C21. The number of aliphatic imine (C=N–C) groups is 1. The van der Waals surface area contributed by atoms with Crippen LogP contribution >= 0.6 is 0 Å². The number of rotatable bonds is 5. The van der Waals surface area contributed by atoms with Crippen LogP contribution in [0, 0.1) is 23.7 Å². The number of carbonyl (C=O) groups excluding carboxylic acids is 1. The van der Waals surface area contributed by atoms with Crippen LogP contribution in [-0.4, -0.2) is 85.5 Å². The van der Waals surface area contributed by atoms with Crippen molar-refractivity contribution in [2.75, 3.05) is 32.8 Å². The van der Waals surface area contributed by atoms with Crippen molar-refractivity contribution >= 4 is 18.3 Å². The lowest BCUT2D eigenvalue weighted by molar-refractivity contribution is -0.185. The standard InChI is InChI=1S/C21H26F6N4O2/c1-12-2-13(14-4-17(7-28-5-14)33-11-21(25,26)27)3-15-8-31(19(32)18(12)15)16-6-29-30(9-16)10-20(22,23)24/h3,5-6,12-14,16-18H,2,4,7-11H2,1H3. The molecule has 1 fully saturated rings. The van der Waals surface area contributed by atoms with Crippen LogP contribution in [0.3, 0.4) is 0 Å². The number of fused-ring (bicyclic) bond motifs is 1. The summed E-state index contributed by atoms with van der Waals surface area (Å²) >= 11 is 0. The number of alkyl halides is 6. The van der Waals surface area contributed by atoms with Crippen molar-refractivity contribution in [3.8, 4) is 0 Å². The highest BCUT2D eigenvalue weighted by Crippen LogP contribution is 2.43. The molecule has 0 saturated carbocycles. The summed E-state index contributed by atoms with van der Waals surface area (Å²) in [6.45, 7) is 0.000554. The third kappa shape index (κ3) is 5.70. The molecule has 0 N–H and O–H groups in total. The molecule has 6 atom stereocenters. The quantitative estimate of drug-likeness (QED) is 0.448. The third-order valence-corrected chi connectivity index (χ3v) is 6.68. The van der Waals surface area contributed by atoms with Crippen molar-refractivity contribution in [1.82, 2.24) is 9.91 Å². The van der Waals surface area contributed by atoms with Crippen LogP contribution in [0.1, 0.15) is 19.8 Å². The van der Waals surface area contributed by atoms with Gasteiger partial charge in [-0.3, -0.25) is 14.8 Å². The molecule has 1 saturated heterocycles. The van der Waals surface area contributed by atoms with Crippen LogP contribution < -0.4 is 0 Å². The van der Waals surface area contributed by atoms with E-state index in [-0.39, 0.29) is 42.7 Å². The van der Waals surface area contributed by atoms with Crippen LogP contribution in [0.2, 0.25) is 0 Å². The number of hydrazone groups is 1. The van der Waals surface area contributed by atoms with Gasteiger partial charge in [0.25, 0.3) is 0 Å². The molecule has 1 aliphatic carbocycles. The Bertz CT molecular complexity index is 840. The first-order valence-corrected chi connectivity index (χ1v) is 10.9. The topological polar surface area (TPSA) is 57.5 Å². The van der Waals surface area contributed by atoms with Gasteiger partial charge in [-0.15, -0.1) is 0 Å². The highest BCUT2D eigenvalue weighted by molar-refractivity contribution is 5.89. The van der Waals surface area contributed by atoms with Gasteiger partial charge in [0, 0.05) is 24.9 Å². The number of ether oxygens (including phenoxy) is 1. The van der Waals surface area contributed by atoms with E-state index in [1.54, 1.807) is 11.1 Å². The van der Waals surface area contributed by atoms with E-state index in [4.69, 9.17) is 4.74 Å². The molecule has 0 aromatic heterocycles. The Labute approximate surface area is 187 Å². The van der Waals surface area contributed by atoms with Gasteiger partial charge in [-0.25, -0.2) is 0 Å². The number of nitrogens with zero attached hydrogens (tertiary/aromatic N) is 4. The fraction of sp³-hybridized carbons (Fsp3) is 0.762. The Hall–Kier alpha value is -2.11. The predicted octanol–water partition coefficient (Wildman–Crippen LogP) is 3.30. The lowest BCUT2D eigenvalue weighted by atomic mass is 9.71. The summed E-state index contributed by atoms with van der Waals surface area (Å²) in [5.41, 5.74) is 0.915. The smallest absolute Gasteiger partial charge is 0.367 e. The van der Waals surface area contributed by atoms with Crippen LogP contribution in [-0.2, 0) is 9.53 Å². The maximum absolute atomic E-state index is 13.1. The molecule has 6 nitrogen and oxygen atoms in total. The van der Waals surface area contributed by atoms with Crippen LogP contribution in [0.4, 0.5) is 26.3 Å². The summed E-state index contributed by atoms with van der Waals surface area (Å²) in [6.07, 6.45) is -3.09. The molecule has 0 radical (unpaired) electrons. The molecule has 6 unspecified atom stereocenters. The lowest BCUT2D eigenvalue weighted by Gasteiger charge is -2.35. The first kappa shape index (κ1) is 24.0. The van der Waals surface area contributed by atoms with E-state index in [2.05, 4.69) is 10.1 Å². The average molecular weight is 480 g/mol. The molecule has 0 aromatic carbocycles. The molecule has 33 heavy (non-hydrogen) atoms. The molecular formula is C21H26F6N4O2. The Morgan fingerprint density at radius 1 is 1.09 bits per heavy atom. The third-order valence-electron chi connectivity index (χ3n) is 6.68. The van der Waals surface area contributed by atoms with Gasteiger partial charge in [0.05, 0.1) is 31.2 Å². The van der Waals surface area contributed by atoms with Crippen LogP contribution in [0.25, 0.3) is 0 Å². The molecule has 12 heteroatoms. The van der Waals surface area contributed by atoms with E-state index in [1.807, 2.05) is 13.0 Å². The second-order valence-corrected chi connectivity index (χ2v) is 9.32. The van der Waals surface area contributed by atoms with Crippen molar-refractivity contribution in [1.29, 1.82) is 0 Å². The number of carbonyl (C=O) groups is 1. The van der Waals surface area contributed by atoms with E-state index < -0.39 is 37.7 Å². The Balaban J connectivity index is 1.41. The fourth-order valence-corrected chi connectivity index (χ4v) is 5.31. The number of hydrogen-bond acceptors (Lipinski definition) is 5. The summed E-state index contributed by atoms with van der Waals surface area (Å²) in [5, 5.41) is 4.73. The number of hydrogen-bond donors (Lipinski definition) is 0. The second kappa shape index (κ2) is 8.92. The van der Waals surface area contributed by atoms with Gasteiger partial charge >= 0.3 is 12.4 Å². The summed E-state index contributed by atoms with van der Waals surface area (Å²) < 4.78 is 80.4. The minimum absolute atomic E-state index is 0.00184. The predicted molar refractivity (Wildman–Crippen MR) is 108 cm³/mol. The van der Waals surface area contributed by atoms with E-state index in [0.717, 1.165) is 10.6 Å². The van der Waals surface area contributed by atoms with Crippen molar-refractivity contribution in [2.24, 2.45) is 33.8 Å². The van der Waals surface area contributed by atoms with Crippen molar-refractivity contribution in [3.05, 3.63) is 11.6 Å². The molecule has 1 amide bonds. The average Bonchev–Trinajstić information content (AvgIpc) is 3.29. The number of amides is 1. The molecule has 4 aliphatic rings. The molecule has 3 heterocycles. The van der Waals surface area contributed by atoms with Crippen molar-refractivity contribution < 1.29 is 35.9 Å². The Morgan fingerprint density at radius 2 is 1.85 bits per heavy atom. The molecule has 0 aromatic rings. The minimum Gasteiger partial charge on any atom is -0.367 e. The Morgan fingerprint density at radius 3 is 2.55 bits per heavy atom. The summed E-state index contributed by atoms with van der Waals surface area (Å²) in [5.74, 6) is -0.515. The van der Waals surface area contributed by atoms with Crippen LogP contribution in [0.5, 0.6) is 0 Å². The molecule has 0 bridgehead atoms. The van der Waals surface area contributed by atoms with Gasteiger partial charge in [0.1, 0.15) is 13.2 Å². The highest BCUT2D eigenvalue weighted by atomic mass is 19.4. The summed E-state index contributed by atoms with van der Waals surface area (Å²) in [4.78, 5) is 18.9. The maximum Gasteiger partial charge on any atom is 0.411 e. The van der Waals surface area contributed by atoms with E-state index in [9.17, 15) is 31.1 Å². The fourth-order valence-electron chi connectivity index (χ4n) is 5.31. The first-order valence-electron chi connectivity index (χ1n) is 10.9. The minimum atomic E-state index is -4.39. The van der Waals surface area contributed by atoms with Gasteiger partial charge < -0.3 is 9.64 Å². The zero-order valence-corrected chi connectivity index (χ0v) is 18.0. The monoisotopic (exact) mass is 480 g/mol. The molecule has 3 aliphatic heterocycles. The van der Waals surface area contributed by atoms with Crippen LogP contribution in [0.15, 0.2) is 21.7 Å². The van der Waals surface area contributed by atoms with Gasteiger partial charge in [-0.05, 0) is 30.3 Å². The van der Waals surface area contributed by atoms with Crippen molar-refractivity contribution in [3.63, 3.8) is 0 Å². The van der Waals surface area contributed by atoms with E-state index in [0.29, 0.717) is 19.4 Å². The van der Waals surface area contributed by atoms with Gasteiger partial charge in [0.2, 0.25) is 5.91 Å². The van der Waals surface area contributed by atoms with Gasteiger partial charge in [-0.1, -0.05) is 13.0 Å². The first-order chi connectivity index (χ1) is 15.4. The van der Waals surface area contributed by atoms with Gasteiger partial charge in [-0.2, -0.15) is 31.4 Å². The Kier molecular flexibility index (Phi) is 6.49. The highest BCUT2D eigenvalue weighted by Gasteiger charge is 2.47. The summed E-state index contributed by atoms with van der Waals surface area (Å²) in [7, 11) is 0. The second-order valence-electron chi connectivity index (χ2n) is 9.32. The molecule has 0 spiro atoms. The van der Waals surface area contributed by atoms with Gasteiger partial charge in [0.15, 0.2) is 0 Å². The lowest BCUT2D eigenvalue weighted by Crippen LogP contribution is -2.43. The van der Waals surface area contributed by atoms with E-state index >= 15 is 0 Å². The normalized spacial score (nSPS) is 34.8. The molecular weight excluding hydrogens is 454 g/mol. The maximum atomic E-state index is 13.1. The number of halogens is 6. The number of likely N-dealkylation sites (tertiary alicyclic amines) is 1. The van der Waals surface area contributed by atoms with E-state index in [1.165, 1.54) is 6.21 Å². The molecule has 4 rings (SSSR count). The molecule has 184 valence electrons. The largest absolute Gasteiger partial charge is 0.411 e. The zero-order valence-electron chi connectivity index (χ0n) is 18.0.